The van der Waals surface area contributed by atoms with E-state index in [-0.39, 0.29) is 0 Å². The lowest BCUT2D eigenvalue weighted by atomic mass is 9.93. The van der Waals surface area contributed by atoms with Crippen LogP contribution >= 0.6 is 0 Å². The van der Waals surface area contributed by atoms with Crippen LogP contribution in [0.3, 0.4) is 0 Å². The number of nitrogens with one attached hydrogen (secondary N) is 1. The summed E-state index contributed by atoms with van der Waals surface area (Å²) in [7, 11) is 0. The van der Waals surface area contributed by atoms with E-state index in [4.69, 9.17) is 4.74 Å². The first-order chi connectivity index (χ1) is 13.9. The number of fused-ring (bicyclic) bond motifs is 3. The van der Waals surface area contributed by atoms with Crippen LogP contribution in [0.15, 0.2) is 72.8 Å². The van der Waals surface area contributed by atoms with Crippen molar-refractivity contribution in [3.05, 3.63) is 78.4 Å². The van der Waals surface area contributed by atoms with Gasteiger partial charge in [-0.3, -0.25) is 0 Å². The van der Waals surface area contributed by atoms with Gasteiger partial charge >= 0.3 is 0 Å². The zero-order chi connectivity index (χ0) is 18.8. The van der Waals surface area contributed by atoms with Crippen molar-refractivity contribution < 1.29 is 4.74 Å². The van der Waals surface area contributed by atoms with Crippen LogP contribution in [-0.2, 0) is 6.54 Å². The van der Waals surface area contributed by atoms with Crippen LogP contribution < -0.4 is 10.1 Å². The normalized spacial score (nSPS) is 14.4. The number of ether oxygens (including phenoxy) is 1. The van der Waals surface area contributed by atoms with Gasteiger partial charge in [0.05, 0.1) is 5.52 Å². The van der Waals surface area contributed by atoms with Crippen molar-refractivity contribution in [3.8, 4) is 5.75 Å². The van der Waals surface area contributed by atoms with Gasteiger partial charge in [-0.15, -0.1) is 0 Å². The molecule has 1 heterocycles. The van der Waals surface area contributed by atoms with Gasteiger partial charge in [0, 0.05) is 35.4 Å². The monoisotopic (exact) mass is 370 g/mol. The molecule has 1 aliphatic carbocycles. The molecule has 142 valence electrons. The Kier molecular flexibility index (Phi) is 4.76. The summed E-state index contributed by atoms with van der Waals surface area (Å²) in [6, 6.07) is 26.4. The molecule has 1 N–H and O–H groups in total. The Bertz CT molecular complexity index is 1080. The largest absolute Gasteiger partial charge is 0.492 e. The molecule has 3 heteroatoms. The first-order valence-electron chi connectivity index (χ1n) is 10.3. The van der Waals surface area contributed by atoms with Gasteiger partial charge in [-0.1, -0.05) is 61.0 Å². The van der Waals surface area contributed by atoms with Crippen LogP contribution in [-0.4, -0.2) is 23.8 Å². The molecule has 0 radical (unpaired) electrons. The molecule has 0 bridgehead atoms. The molecule has 0 amide bonds. The minimum absolute atomic E-state index is 0.701. The number of benzene rings is 3. The fraction of sp³-hybridized carbons (Fsp3) is 0.280. The Hall–Kier alpha value is -2.78. The highest BCUT2D eigenvalue weighted by molar-refractivity contribution is 6.11. The molecule has 28 heavy (non-hydrogen) atoms. The highest BCUT2D eigenvalue weighted by Gasteiger charge is 2.17. The zero-order valence-electron chi connectivity index (χ0n) is 16.1. The Morgan fingerprint density at radius 1 is 0.857 bits per heavy atom. The van der Waals surface area contributed by atoms with Crippen LogP contribution in [0.1, 0.15) is 24.8 Å². The van der Waals surface area contributed by atoms with Crippen LogP contribution in [0.4, 0.5) is 0 Å². The van der Waals surface area contributed by atoms with Crippen molar-refractivity contribution in [3.63, 3.8) is 0 Å². The number of nitrogens with zero attached hydrogens (tertiary/aromatic N) is 1. The minimum atomic E-state index is 0.701. The molecular formula is C25H26N2O. The van der Waals surface area contributed by atoms with E-state index < -0.39 is 0 Å². The molecule has 1 fully saturated rings. The first kappa shape index (κ1) is 17.3. The van der Waals surface area contributed by atoms with Crippen molar-refractivity contribution in [2.24, 2.45) is 0 Å². The average molecular weight is 370 g/mol. The number of rotatable bonds is 7. The molecule has 5 rings (SSSR count). The fourth-order valence-electron chi connectivity index (χ4n) is 4.16. The first-order valence-corrected chi connectivity index (χ1v) is 10.3. The molecule has 4 aromatic rings. The third-order valence-electron chi connectivity index (χ3n) is 5.84. The highest BCUT2D eigenvalue weighted by atomic mass is 16.5. The maximum atomic E-state index is 6.23. The second kappa shape index (κ2) is 7.69. The molecule has 1 saturated carbocycles. The standard InChI is InChI=1S/C25H26N2O/c1-2-8-19(9-3-1)18-27-22-13-5-4-12-21(22)25-23(27)14-7-15-24(25)28-17-16-26-20-10-6-11-20/h1-5,7-9,12-15,20,26H,6,10-11,16-18H2. The molecule has 0 aliphatic heterocycles. The quantitative estimate of drug-likeness (QED) is 0.443. The maximum absolute atomic E-state index is 6.23. The van der Waals surface area contributed by atoms with E-state index in [0.717, 1.165) is 18.8 Å². The predicted molar refractivity (Wildman–Crippen MR) is 116 cm³/mol. The average Bonchev–Trinajstić information content (AvgIpc) is 3.02. The molecule has 1 aliphatic rings. The third kappa shape index (κ3) is 3.27. The topological polar surface area (TPSA) is 26.2 Å². The third-order valence-corrected chi connectivity index (χ3v) is 5.84. The lowest BCUT2D eigenvalue weighted by molar-refractivity contribution is 0.278. The van der Waals surface area contributed by atoms with E-state index >= 15 is 0 Å². The second-order valence-corrected chi connectivity index (χ2v) is 7.67. The van der Waals surface area contributed by atoms with Crippen LogP contribution in [0.25, 0.3) is 21.8 Å². The zero-order valence-corrected chi connectivity index (χ0v) is 16.1. The van der Waals surface area contributed by atoms with Gasteiger partial charge < -0.3 is 14.6 Å². The Labute approximate surface area is 165 Å². The number of hydrogen-bond acceptors (Lipinski definition) is 2. The molecule has 0 saturated heterocycles. The van der Waals surface area contributed by atoms with Crippen LogP contribution in [0, 0.1) is 0 Å². The van der Waals surface area contributed by atoms with Gasteiger partial charge in [-0.2, -0.15) is 0 Å². The number of para-hydroxylation sites is 1. The number of hydrogen-bond donors (Lipinski definition) is 1. The minimum Gasteiger partial charge on any atom is -0.492 e. The SMILES string of the molecule is c1ccc(Cn2c3ccccc3c3c(OCCNC4CCC4)cccc32)cc1. The molecule has 0 unspecified atom stereocenters. The van der Waals surface area contributed by atoms with Gasteiger partial charge in [-0.05, 0) is 36.6 Å². The van der Waals surface area contributed by atoms with Crippen LogP contribution in [0.2, 0.25) is 0 Å². The van der Waals surface area contributed by atoms with Gasteiger partial charge in [-0.25, -0.2) is 0 Å². The van der Waals surface area contributed by atoms with Gasteiger partial charge in [0.15, 0.2) is 0 Å². The Balaban J connectivity index is 1.49. The summed E-state index contributed by atoms with van der Waals surface area (Å²) in [5, 5.41) is 6.06. The van der Waals surface area contributed by atoms with Crippen LogP contribution in [0.5, 0.6) is 5.75 Å². The Morgan fingerprint density at radius 3 is 2.46 bits per heavy atom. The molecule has 3 aromatic carbocycles. The van der Waals surface area contributed by atoms with E-state index in [1.165, 1.54) is 46.6 Å². The van der Waals surface area contributed by atoms with Gasteiger partial charge in [0.1, 0.15) is 12.4 Å². The van der Waals surface area contributed by atoms with Crippen molar-refractivity contribution in [1.29, 1.82) is 0 Å². The fourth-order valence-corrected chi connectivity index (χ4v) is 4.16. The summed E-state index contributed by atoms with van der Waals surface area (Å²) in [6.07, 6.45) is 3.98. The second-order valence-electron chi connectivity index (χ2n) is 7.67. The van der Waals surface area contributed by atoms with E-state index in [2.05, 4.69) is 82.7 Å². The molecule has 0 atom stereocenters. The van der Waals surface area contributed by atoms with Crippen molar-refractivity contribution in [1.82, 2.24) is 9.88 Å². The van der Waals surface area contributed by atoms with Gasteiger partial charge in [0.25, 0.3) is 0 Å². The number of aromatic nitrogens is 1. The van der Waals surface area contributed by atoms with E-state index in [1.807, 2.05) is 0 Å². The molecule has 0 spiro atoms. The van der Waals surface area contributed by atoms with E-state index in [9.17, 15) is 0 Å². The summed E-state index contributed by atoms with van der Waals surface area (Å²) >= 11 is 0. The molecule has 3 nitrogen and oxygen atoms in total. The molecule has 1 aromatic heterocycles. The summed E-state index contributed by atoms with van der Waals surface area (Å²) in [5.74, 6) is 0.982. The van der Waals surface area contributed by atoms with E-state index in [1.54, 1.807) is 0 Å². The summed E-state index contributed by atoms with van der Waals surface area (Å²) < 4.78 is 8.64. The van der Waals surface area contributed by atoms with Crippen molar-refractivity contribution in [2.75, 3.05) is 13.2 Å². The smallest absolute Gasteiger partial charge is 0.129 e. The summed E-state index contributed by atoms with van der Waals surface area (Å²) in [6.45, 7) is 2.47. The van der Waals surface area contributed by atoms with Crippen molar-refractivity contribution in [2.45, 2.75) is 31.8 Å². The summed E-state index contributed by atoms with van der Waals surface area (Å²) in [5.41, 5.74) is 3.79. The maximum Gasteiger partial charge on any atom is 0.129 e. The summed E-state index contributed by atoms with van der Waals surface area (Å²) in [4.78, 5) is 0. The lowest BCUT2D eigenvalue weighted by Crippen LogP contribution is -2.37. The highest BCUT2D eigenvalue weighted by Crippen LogP contribution is 2.36. The lowest BCUT2D eigenvalue weighted by Gasteiger charge is -2.26. The molecular weight excluding hydrogens is 344 g/mol. The van der Waals surface area contributed by atoms with Crippen molar-refractivity contribution >= 4 is 21.8 Å². The predicted octanol–water partition coefficient (Wildman–Crippen LogP) is 5.36. The van der Waals surface area contributed by atoms with E-state index in [0.29, 0.717) is 12.6 Å². The van der Waals surface area contributed by atoms with Gasteiger partial charge in [0.2, 0.25) is 0 Å². The Morgan fingerprint density at radius 2 is 1.64 bits per heavy atom.